The van der Waals surface area contributed by atoms with Gasteiger partial charge in [0.05, 0.1) is 5.75 Å². The summed E-state index contributed by atoms with van der Waals surface area (Å²) in [5.74, 6) is 1.86. The molecule has 7 heteroatoms. The standard InChI is InChI=1S/C25H30N4O2S/c1-4-29-23(15-31-21-11-10-19-7-5-6-8-20(19)14-21)27-28-25(29)32-16-24(30)26-22-12-9-17(2)13-18(22)3/h9-14H,4-8,15-16H2,1-3H3,(H,26,30). The predicted molar refractivity (Wildman–Crippen MR) is 128 cm³/mol. The van der Waals surface area contributed by atoms with Crippen LogP contribution < -0.4 is 10.1 Å². The zero-order chi connectivity index (χ0) is 22.5. The average Bonchev–Trinajstić information content (AvgIpc) is 3.20. The Bertz CT molecular complexity index is 1110. The Morgan fingerprint density at radius 2 is 1.91 bits per heavy atom. The number of fused-ring (bicyclic) bond motifs is 1. The second kappa shape index (κ2) is 10.2. The summed E-state index contributed by atoms with van der Waals surface area (Å²) in [6, 6.07) is 12.4. The van der Waals surface area contributed by atoms with Crippen molar-refractivity contribution in [2.24, 2.45) is 0 Å². The lowest BCUT2D eigenvalue weighted by Crippen LogP contribution is -2.15. The van der Waals surface area contributed by atoms with Crippen LogP contribution in [0.1, 0.15) is 47.8 Å². The Morgan fingerprint density at radius 3 is 2.69 bits per heavy atom. The minimum absolute atomic E-state index is 0.0561. The van der Waals surface area contributed by atoms with Crippen molar-refractivity contribution in [3.63, 3.8) is 0 Å². The first-order valence-corrected chi connectivity index (χ1v) is 12.2. The molecule has 0 fully saturated rings. The summed E-state index contributed by atoms with van der Waals surface area (Å²) in [5, 5.41) is 12.3. The number of aryl methyl sites for hydroxylation is 4. The van der Waals surface area contributed by atoms with Gasteiger partial charge in [-0.1, -0.05) is 35.5 Å². The van der Waals surface area contributed by atoms with Gasteiger partial charge in [-0.15, -0.1) is 10.2 Å². The number of benzene rings is 2. The Kier molecular flexibility index (Phi) is 7.15. The number of hydrogen-bond donors (Lipinski definition) is 1. The van der Waals surface area contributed by atoms with Gasteiger partial charge in [0.2, 0.25) is 5.91 Å². The minimum Gasteiger partial charge on any atom is -0.486 e. The van der Waals surface area contributed by atoms with Crippen molar-refractivity contribution in [3.8, 4) is 5.75 Å². The van der Waals surface area contributed by atoms with Crippen LogP contribution in [0.15, 0.2) is 41.6 Å². The minimum atomic E-state index is -0.0561. The molecule has 0 saturated carbocycles. The van der Waals surface area contributed by atoms with Crippen LogP contribution in [-0.2, 0) is 30.8 Å². The van der Waals surface area contributed by atoms with Gasteiger partial charge in [0, 0.05) is 12.2 Å². The molecular formula is C25H30N4O2S. The lowest BCUT2D eigenvalue weighted by Gasteiger charge is -2.16. The van der Waals surface area contributed by atoms with E-state index in [1.165, 1.54) is 41.3 Å². The number of carbonyl (C=O) groups is 1. The zero-order valence-electron chi connectivity index (χ0n) is 19.0. The quantitative estimate of drug-likeness (QED) is 0.483. The number of aromatic nitrogens is 3. The molecule has 1 aliphatic carbocycles. The molecule has 0 aliphatic heterocycles. The first-order chi connectivity index (χ1) is 15.5. The number of ether oxygens (including phenoxy) is 1. The van der Waals surface area contributed by atoms with E-state index in [4.69, 9.17) is 4.74 Å². The molecule has 1 N–H and O–H groups in total. The molecule has 1 aliphatic rings. The van der Waals surface area contributed by atoms with E-state index in [2.05, 4.69) is 33.7 Å². The normalized spacial score (nSPS) is 13.0. The maximum Gasteiger partial charge on any atom is 0.234 e. The Morgan fingerprint density at radius 1 is 1.09 bits per heavy atom. The van der Waals surface area contributed by atoms with E-state index in [9.17, 15) is 4.79 Å². The fraction of sp³-hybridized carbons (Fsp3) is 0.400. The number of rotatable bonds is 8. The molecule has 0 atom stereocenters. The SMILES string of the molecule is CCn1c(COc2ccc3c(c2)CCCC3)nnc1SCC(=O)Nc1ccc(C)cc1C. The highest BCUT2D eigenvalue weighted by molar-refractivity contribution is 7.99. The number of anilines is 1. The van der Waals surface area contributed by atoms with Gasteiger partial charge in [-0.2, -0.15) is 0 Å². The molecule has 0 radical (unpaired) electrons. The molecule has 32 heavy (non-hydrogen) atoms. The van der Waals surface area contributed by atoms with Crippen LogP contribution in [0.3, 0.4) is 0 Å². The van der Waals surface area contributed by atoms with E-state index in [0.29, 0.717) is 6.61 Å². The molecule has 0 spiro atoms. The summed E-state index contributed by atoms with van der Waals surface area (Å²) in [5.41, 5.74) is 5.92. The Balaban J connectivity index is 1.35. The molecule has 0 bridgehead atoms. The maximum atomic E-state index is 12.4. The van der Waals surface area contributed by atoms with Crippen LogP contribution in [0, 0.1) is 13.8 Å². The van der Waals surface area contributed by atoms with Crippen molar-refractivity contribution in [1.29, 1.82) is 0 Å². The lowest BCUT2D eigenvalue weighted by molar-refractivity contribution is -0.113. The molecule has 6 nitrogen and oxygen atoms in total. The van der Waals surface area contributed by atoms with Crippen LogP contribution >= 0.6 is 11.8 Å². The zero-order valence-corrected chi connectivity index (χ0v) is 19.8. The van der Waals surface area contributed by atoms with Crippen molar-refractivity contribution < 1.29 is 9.53 Å². The summed E-state index contributed by atoms with van der Waals surface area (Å²) in [6.45, 7) is 7.16. The van der Waals surface area contributed by atoms with Gasteiger partial charge in [0.1, 0.15) is 12.4 Å². The van der Waals surface area contributed by atoms with Gasteiger partial charge in [0.25, 0.3) is 0 Å². The molecule has 1 amide bonds. The van der Waals surface area contributed by atoms with Gasteiger partial charge >= 0.3 is 0 Å². The third kappa shape index (κ3) is 5.33. The second-order valence-electron chi connectivity index (χ2n) is 8.22. The van der Waals surface area contributed by atoms with Crippen LogP contribution in [0.4, 0.5) is 5.69 Å². The van der Waals surface area contributed by atoms with Gasteiger partial charge in [-0.05, 0) is 81.3 Å². The van der Waals surface area contributed by atoms with E-state index in [1.54, 1.807) is 0 Å². The van der Waals surface area contributed by atoms with E-state index in [-0.39, 0.29) is 11.7 Å². The third-order valence-corrected chi connectivity index (χ3v) is 6.75. The highest BCUT2D eigenvalue weighted by Crippen LogP contribution is 2.26. The number of nitrogens with one attached hydrogen (secondary N) is 1. The molecule has 3 aromatic rings. The van der Waals surface area contributed by atoms with Gasteiger partial charge in [-0.3, -0.25) is 4.79 Å². The second-order valence-corrected chi connectivity index (χ2v) is 9.17. The Hall–Kier alpha value is -2.80. The predicted octanol–water partition coefficient (Wildman–Crippen LogP) is 5.10. The number of hydrogen-bond acceptors (Lipinski definition) is 5. The van der Waals surface area contributed by atoms with Crippen LogP contribution in [-0.4, -0.2) is 26.4 Å². The van der Waals surface area contributed by atoms with Crippen molar-refractivity contribution in [1.82, 2.24) is 14.8 Å². The van der Waals surface area contributed by atoms with Crippen molar-refractivity contribution in [2.45, 2.75) is 64.8 Å². The fourth-order valence-corrected chi connectivity index (χ4v) is 4.89. The van der Waals surface area contributed by atoms with Gasteiger partial charge in [0.15, 0.2) is 11.0 Å². The summed E-state index contributed by atoms with van der Waals surface area (Å²) in [7, 11) is 0. The first-order valence-electron chi connectivity index (χ1n) is 11.2. The smallest absolute Gasteiger partial charge is 0.234 e. The highest BCUT2D eigenvalue weighted by Gasteiger charge is 2.15. The topological polar surface area (TPSA) is 69.0 Å². The Labute approximate surface area is 193 Å². The third-order valence-electron chi connectivity index (χ3n) is 5.79. The molecule has 2 aromatic carbocycles. The van der Waals surface area contributed by atoms with Crippen LogP contribution in [0.25, 0.3) is 0 Å². The largest absolute Gasteiger partial charge is 0.486 e. The molecule has 1 heterocycles. The summed E-state index contributed by atoms with van der Waals surface area (Å²) in [4.78, 5) is 12.4. The molecule has 4 rings (SSSR count). The highest BCUT2D eigenvalue weighted by atomic mass is 32.2. The first kappa shape index (κ1) is 22.4. The van der Waals surface area contributed by atoms with Gasteiger partial charge < -0.3 is 14.6 Å². The monoisotopic (exact) mass is 450 g/mol. The number of amides is 1. The molecule has 168 valence electrons. The lowest BCUT2D eigenvalue weighted by atomic mass is 9.92. The molecule has 1 aromatic heterocycles. The van der Waals surface area contributed by atoms with Crippen molar-refractivity contribution in [3.05, 3.63) is 64.5 Å². The van der Waals surface area contributed by atoms with Crippen molar-refractivity contribution in [2.75, 3.05) is 11.1 Å². The summed E-state index contributed by atoms with van der Waals surface area (Å²) >= 11 is 1.39. The number of carbonyl (C=O) groups excluding carboxylic acids is 1. The summed E-state index contributed by atoms with van der Waals surface area (Å²) in [6.07, 6.45) is 4.81. The number of nitrogens with zero attached hydrogens (tertiary/aromatic N) is 3. The van der Waals surface area contributed by atoms with Crippen molar-refractivity contribution >= 4 is 23.4 Å². The average molecular weight is 451 g/mol. The van der Waals surface area contributed by atoms with E-state index in [0.717, 1.165) is 47.4 Å². The molecular weight excluding hydrogens is 420 g/mol. The number of thioether (sulfide) groups is 1. The molecule has 0 unspecified atom stereocenters. The van der Waals surface area contributed by atoms with E-state index < -0.39 is 0 Å². The maximum absolute atomic E-state index is 12.4. The fourth-order valence-electron chi connectivity index (χ4n) is 4.07. The van der Waals surface area contributed by atoms with E-state index >= 15 is 0 Å². The van der Waals surface area contributed by atoms with E-state index in [1.807, 2.05) is 43.5 Å². The van der Waals surface area contributed by atoms with Gasteiger partial charge in [-0.25, -0.2) is 0 Å². The van der Waals surface area contributed by atoms with Crippen LogP contribution in [0.2, 0.25) is 0 Å². The molecule has 0 saturated heterocycles. The summed E-state index contributed by atoms with van der Waals surface area (Å²) < 4.78 is 8.04. The van der Waals surface area contributed by atoms with Crippen LogP contribution in [0.5, 0.6) is 5.75 Å².